The molecule has 2 aromatic heterocycles. The number of anilines is 1. The minimum atomic E-state index is -3.96. The van der Waals surface area contributed by atoms with E-state index in [-0.39, 0.29) is 43.1 Å². The standard InChI is InChI=1S/C38H51ClN7O6P/c1-2-3-4-5-6-7-8-9-10-11-12-13-14-15-16-17-21-24-33(48)41-25-26-43-53(49,52-30-22-19-18-20-23-30)50-28-32-31(47)27-34(51-32)46-29-42-35-36(40)44-38(39)45-37(35)46/h3-4,6-7,9-10,12-13,15-16,18-20,22-23,29,31-32,34,47H,2,5,8,11,14,17,21,24-28H2,1H3,(H,41,48)(H,43,49)(H2,40,44,45)/b4-3-,7-6-,10-9-,13-12-,16-15-/t31-,32+,34?,53?/m0/s1. The number of amides is 1. The number of aromatic nitrogens is 4. The predicted molar refractivity (Wildman–Crippen MR) is 209 cm³/mol. The van der Waals surface area contributed by atoms with Crippen molar-refractivity contribution in [3.63, 3.8) is 0 Å². The number of rotatable bonds is 23. The predicted octanol–water partition coefficient (Wildman–Crippen LogP) is 7.54. The van der Waals surface area contributed by atoms with Gasteiger partial charge in [0.1, 0.15) is 23.6 Å². The molecule has 5 N–H and O–H groups in total. The van der Waals surface area contributed by atoms with E-state index >= 15 is 0 Å². The fraction of sp³-hybridized carbons (Fsp3) is 0.421. The van der Waals surface area contributed by atoms with Crippen molar-refractivity contribution in [3.8, 4) is 5.75 Å². The molecule has 15 heteroatoms. The first-order chi connectivity index (χ1) is 25.8. The average Bonchev–Trinajstić information content (AvgIpc) is 3.74. The number of aliphatic hydroxyl groups excluding tert-OH is 1. The van der Waals surface area contributed by atoms with Crippen LogP contribution < -0.4 is 20.7 Å². The molecule has 1 aliphatic rings. The molecular formula is C38H51ClN7O6P. The molecule has 1 aliphatic heterocycles. The number of fused-ring (bicyclic) bond motifs is 1. The number of hydrogen-bond donors (Lipinski definition) is 4. The summed E-state index contributed by atoms with van der Waals surface area (Å²) in [6.45, 7) is 2.21. The van der Waals surface area contributed by atoms with E-state index in [1.54, 1.807) is 34.9 Å². The van der Waals surface area contributed by atoms with Crippen molar-refractivity contribution in [3.05, 3.63) is 103 Å². The molecule has 1 aromatic carbocycles. The van der Waals surface area contributed by atoms with Crippen molar-refractivity contribution in [2.75, 3.05) is 25.4 Å². The monoisotopic (exact) mass is 767 g/mol. The number of aliphatic hydroxyl groups is 1. The lowest BCUT2D eigenvalue weighted by Gasteiger charge is -2.22. The van der Waals surface area contributed by atoms with E-state index in [4.69, 9.17) is 31.1 Å². The number of benzene rings is 1. The van der Waals surface area contributed by atoms with Crippen LogP contribution in [-0.4, -0.2) is 62.4 Å². The molecule has 1 saturated heterocycles. The maximum absolute atomic E-state index is 13.8. The Balaban J connectivity index is 1.14. The van der Waals surface area contributed by atoms with Gasteiger partial charge in [0.15, 0.2) is 11.5 Å². The van der Waals surface area contributed by atoms with Crippen LogP contribution >= 0.6 is 19.3 Å². The van der Waals surface area contributed by atoms with Gasteiger partial charge < -0.3 is 25.4 Å². The van der Waals surface area contributed by atoms with Crippen molar-refractivity contribution >= 4 is 42.2 Å². The van der Waals surface area contributed by atoms with Crippen LogP contribution in [0.3, 0.4) is 0 Å². The van der Waals surface area contributed by atoms with Crippen LogP contribution in [0.1, 0.15) is 70.9 Å². The van der Waals surface area contributed by atoms with Crippen LogP contribution in [0.5, 0.6) is 5.75 Å². The Morgan fingerprint density at radius 2 is 1.68 bits per heavy atom. The highest BCUT2D eigenvalue weighted by atomic mass is 35.5. The van der Waals surface area contributed by atoms with Gasteiger partial charge in [-0.25, -0.2) is 14.6 Å². The second kappa shape index (κ2) is 22.9. The zero-order chi connectivity index (χ0) is 37.7. The number of unbranched alkanes of at least 4 members (excludes halogenated alkanes) is 1. The molecule has 1 amide bonds. The smallest absolute Gasteiger partial charge is 0.413 e. The lowest BCUT2D eigenvalue weighted by atomic mass is 10.2. The molecule has 0 bridgehead atoms. The Morgan fingerprint density at radius 1 is 1.02 bits per heavy atom. The summed E-state index contributed by atoms with van der Waals surface area (Å²) in [5, 5.41) is 16.4. The quantitative estimate of drug-likeness (QED) is 0.0325. The number of nitrogens with one attached hydrogen (secondary N) is 2. The molecule has 4 rings (SSSR count). The second-order valence-corrected chi connectivity index (χ2v) is 14.3. The van der Waals surface area contributed by atoms with Gasteiger partial charge in [-0.2, -0.15) is 9.97 Å². The molecule has 2 unspecified atom stereocenters. The van der Waals surface area contributed by atoms with Crippen molar-refractivity contribution in [1.29, 1.82) is 0 Å². The molecule has 4 atom stereocenters. The highest BCUT2D eigenvalue weighted by Crippen LogP contribution is 2.45. The number of imidazole rings is 1. The van der Waals surface area contributed by atoms with Crippen LogP contribution in [0.25, 0.3) is 11.2 Å². The van der Waals surface area contributed by atoms with Crippen molar-refractivity contribution < 1.29 is 28.3 Å². The maximum Gasteiger partial charge on any atom is 0.458 e. The van der Waals surface area contributed by atoms with Gasteiger partial charge in [-0.05, 0) is 68.7 Å². The Labute approximate surface area is 316 Å². The maximum atomic E-state index is 13.8. The number of para-hydroxylation sites is 1. The van der Waals surface area contributed by atoms with Crippen molar-refractivity contribution in [1.82, 2.24) is 29.9 Å². The van der Waals surface area contributed by atoms with Crippen LogP contribution in [0.15, 0.2) is 97.4 Å². The zero-order valence-corrected chi connectivity index (χ0v) is 31.8. The first kappa shape index (κ1) is 41.7. The van der Waals surface area contributed by atoms with Gasteiger partial charge in [0.25, 0.3) is 0 Å². The fourth-order valence-corrected chi connectivity index (χ4v) is 6.79. The third-order valence-corrected chi connectivity index (χ3v) is 9.72. The van der Waals surface area contributed by atoms with E-state index in [0.717, 1.165) is 44.9 Å². The van der Waals surface area contributed by atoms with Gasteiger partial charge in [0.2, 0.25) is 11.2 Å². The molecule has 286 valence electrons. The molecule has 0 spiro atoms. The molecular weight excluding hydrogens is 717 g/mol. The summed E-state index contributed by atoms with van der Waals surface area (Å²) in [7, 11) is -3.96. The van der Waals surface area contributed by atoms with Crippen LogP contribution in [0, 0.1) is 0 Å². The number of carbonyl (C=O) groups is 1. The Hall–Kier alpha value is -4.10. The van der Waals surface area contributed by atoms with E-state index in [1.165, 1.54) is 6.33 Å². The Kier molecular flexibility index (Phi) is 18.0. The van der Waals surface area contributed by atoms with Crippen LogP contribution in [-0.2, 0) is 18.6 Å². The molecule has 1 fully saturated rings. The molecule has 3 aromatic rings. The number of carbonyl (C=O) groups excluding carboxylic acids is 1. The number of ether oxygens (including phenoxy) is 1. The third-order valence-electron chi connectivity index (χ3n) is 8.00. The largest absolute Gasteiger partial charge is 0.458 e. The summed E-state index contributed by atoms with van der Waals surface area (Å²) in [6.07, 6.45) is 27.5. The number of allylic oxidation sites excluding steroid dienone is 10. The van der Waals surface area contributed by atoms with Crippen molar-refractivity contribution in [2.24, 2.45) is 0 Å². The normalized spacial score (nSPS) is 19.1. The van der Waals surface area contributed by atoms with E-state index < -0.39 is 26.2 Å². The highest BCUT2D eigenvalue weighted by molar-refractivity contribution is 7.52. The topological polar surface area (TPSA) is 176 Å². The van der Waals surface area contributed by atoms with Gasteiger partial charge in [0.05, 0.1) is 19.0 Å². The van der Waals surface area contributed by atoms with Gasteiger partial charge in [-0.3, -0.25) is 13.9 Å². The minimum absolute atomic E-state index is 0.0437. The molecule has 0 radical (unpaired) electrons. The molecule has 53 heavy (non-hydrogen) atoms. The molecule has 13 nitrogen and oxygen atoms in total. The van der Waals surface area contributed by atoms with Gasteiger partial charge in [0, 0.05) is 25.9 Å². The average molecular weight is 768 g/mol. The van der Waals surface area contributed by atoms with E-state index in [9.17, 15) is 14.5 Å². The number of hydrogen-bond acceptors (Lipinski definition) is 10. The van der Waals surface area contributed by atoms with Crippen LogP contribution in [0.4, 0.5) is 5.82 Å². The zero-order valence-electron chi connectivity index (χ0n) is 30.1. The highest BCUT2D eigenvalue weighted by Gasteiger charge is 2.38. The summed E-state index contributed by atoms with van der Waals surface area (Å²) < 4.78 is 33.0. The van der Waals surface area contributed by atoms with E-state index in [0.29, 0.717) is 23.3 Å². The molecule has 3 heterocycles. The first-order valence-electron chi connectivity index (χ1n) is 18.0. The summed E-state index contributed by atoms with van der Waals surface area (Å²) in [5.74, 6) is 0.347. The lowest BCUT2D eigenvalue weighted by molar-refractivity contribution is -0.121. The van der Waals surface area contributed by atoms with E-state index in [2.05, 4.69) is 93.0 Å². The Morgan fingerprint density at radius 3 is 2.36 bits per heavy atom. The summed E-state index contributed by atoms with van der Waals surface area (Å²) in [4.78, 5) is 24.8. The SMILES string of the molecule is CC/C=C\C/C=C\C/C=C\C/C=C\C/C=C\CCCC(=O)NCCNP(=O)(OC[C@H]1OC(n2cnc3c(N)nc(Cl)nc32)C[C@@H]1O)Oc1ccccc1. The van der Waals surface area contributed by atoms with Gasteiger partial charge >= 0.3 is 7.75 Å². The summed E-state index contributed by atoms with van der Waals surface area (Å²) in [6, 6.07) is 8.59. The third kappa shape index (κ3) is 14.7. The van der Waals surface area contributed by atoms with E-state index in [1.807, 2.05) is 0 Å². The van der Waals surface area contributed by atoms with Gasteiger partial charge in [-0.15, -0.1) is 0 Å². The molecule has 0 aliphatic carbocycles. The van der Waals surface area contributed by atoms with Crippen molar-refractivity contribution in [2.45, 2.75) is 83.1 Å². The number of halogens is 1. The Bertz CT molecular complexity index is 1760. The number of nitrogen functional groups attached to an aromatic ring is 1. The summed E-state index contributed by atoms with van der Waals surface area (Å²) >= 11 is 5.99. The lowest BCUT2D eigenvalue weighted by Crippen LogP contribution is -2.33. The molecule has 0 saturated carbocycles. The van der Waals surface area contributed by atoms with Gasteiger partial charge in [-0.1, -0.05) is 85.9 Å². The second-order valence-electron chi connectivity index (χ2n) is 12.2. The first-order valence-corrected chi connectivity index (χ1v) is 19.9. The van der Waals surface area contributed by atoms with Crippen LogP contribution in [0.2, 0.25) is 5.28 Å². The minimum Gasteiger partial charge on any atom is -0.413 e. The number of nitrogens with two attached hydrogens (primary N) is 1. The number of nitrogens with zero attached hydrogens (tertiary/aromatic N) is 4. The summed E-state index contributed by atoms with van der Waals surface area (Å²) in [5.41, 5.74) is 6.63. The fourth-order valence-electron chi connectivity index (χ4n) is 5.29.